The molecule has 4 rings (SSSR count). The van der Waals surface area contributed by atoms with Gasteiger partial charge in [-0.05, 0) is 44.1 Å². The van der Waals surface area contributed by atoms with E-state index >= 15 is 0 Å². The highest BCUT2D eigenvalue weighted by Gasteiger charge is 2.28. The molecule has 128 valence electrons. The number of hydrogen-bond acceptors (Lipinski definition) is 5. The summed E-state index contributed by atoms with van der Waals surface area (Å²) >= 11 is 6.06. The summed E-state index contributed by atoms with van der Waals surface area (Å²) < 4.78 is 5.13. The molecule has 0 bridgehead atoms. The summed E-state index contributed by atoms with van der Waals surface area (Å²) in [5.41, 5.74) is 1.94. The molecule has 1 fully saturated rings. The van der Waals surface area contributed by atoms with Crippen LogP contribution in [0.15, 0.2) is 47.2 Å². The molecule has 1 aliphatic rings. The summed E-state index contributed by atoms with van der Waals surface area (Å²) in [6, 6.07) is 9.88. The van der Waals surface area contributed by atoms with Gasteiger partial charge in [-0.3, -0.25) is 14.7 Å². The molecule has 25 heavy (non-hydrogen) atoms. The second-order valence-corrected chi connectivity index (χ2v) is 6.83. The van der Waals surface area contributed by atoms with E-state index in [1.165, 1.54) is 12.5 Å². The van der Waals surface area contributed by atoms with Gasteiger partial charge in [0, 0.05) is 22.9 Å². The fourth-order valence-electron chi connectivity index (χ4n) is 3.32. The zero-order valence-electron chi connectivity index (χ0n) is 13.7. The summed E-state index contributed by atoms with van der Waals surface area (Å²) in [5, 5.41) is 1.78. The molecule has 1 aliphatic heterocycles. The molecule has 0 saturated carbocycles. The average Bonchev–Trinajstić information content (AvgIpc) is 3.16. The molecule has 0 amide bonds. The van der Waals surface area contributed by atoms with Crippen molar-refractivity contribution in [2.45, 2.75) is 19.4 Å². The van der Waals surface area contributed by atoms with Crippen molar-refractivity contribution < 1.29 is 9.21 Å². The number of pyridine rings is 1. The number of Topliss-reactive ketones (excluding diaryl/α,β-unsaturated/α-hetero) is 1. The first-order valence-corrected chi connectivity index (χ1v) is 8.78. The zero-order valence-corrected chi connectivity index (χ0v) is 14.4. The van der Waals surface area contributed by atoms with Crippen LogP contribution in [-0.2, 0) is 6.54 Å². The van der Waals surface area contributed by atoms with Crippen molar-refractivity contribution in [2.24, 2.45) is 5.92 Å². The quantitative estimate of drug-likeness (QED) is 0.663. The molecule has 3 heterocycles. The number of aromatic nitrogens is 2. The molecule has 0 aliphatic carbocycles. The highest BCUT2D eigenvalue weighted by molar-refractivity contribution is 6.31. The molecule has 3 aromatic rings. The largest absolute Gasteiger partial charge is 0.442 e. The Morgan fingerprint density at radius 3 is 2.80 bits per heavy atom. The third-order valence-electron chi connectivity index (χ3n) is 4.70. The number of carbonyl (C=O) groups is 1. The number of rotatable bonds is 4. The van der Waals surface area contributed by atoms with Gasteiger partial charge in [0.1, 0.15) is 6.26 Å². The van der Waals surface area contributed by atoms with E-state index < -0.39 is 0 Å². The predicted octanol–water partition coefficient (Wildman–Crippen LogP) is 3.97. The Kier molecular flexibility index (Phi) is 4.51. The van der Waals surface area contributed by atoms with Crippen molar-refractivity contribution in [1.82, 2.24) is 14.9 Å². The van der Waals surface area contributed by atoms with Crippen molar-refractivity contribution in [3.8, 4) is 0 Å². The fraction of sp³-hybridized carbons (Fsp3) is 0.316. The van der Waals surface area contributed by atoms with Gasteiger partial charge < -0.3 is 4.42 Å². The standard InChI is InChI=1S/C19H18ClN3O2/c20-15-3-1-13-2-4-16(22-17(13)11-15)12-23-8-5-14(6-9-23)18(24)19-21-7-10-25-19/h1-4,7,10-11,14H,5-6,8-9,12H2. The van der Waals surface area contributed by atoms with Gasteiger partial charge in [-0.1, -0.05) is 23.7 Å². The maximum atomic E-state index is 12.3. The van der Waals surface area contributed by atoms with Gasteiger partial charge in [-0.15, -0.1) is 0 Å². The first-order valence-electron chi connectivity index (χ1n) is 8.40. The van der Waals surface area contributed by atoms with E-state index in [1.54, 1.807) is 0 Å². The van der Waals surface area contributed by atoms with E-state index in [4.69, 9.17) is 21.0 Å². The van der Waals surface area contributed by atoms with E-state index in [1.807, 2.05) is 18.2 Å². The summed E-state index contributed by atoms with van der Waals surface area (Å²) in [4.78, 5) is 23.3. The Balaban J connectivity index is 1.39. The number of nitrogens with zero attached hydrogens (tertiary/aromatic N) is 3. The first kappa shape index (κ1) is 16.2. The molecule has 0 radical (unpaired) electrons. The summed E-state index contributed by atoms with van der Waals surface area (Å²) in [5.74, 6) is 0.243. The number of oxazole rings is 1. The number of carbonyl (C=O) groups excluding carboxylic acids is 1. The van der Waals surface area contributed by atoms with Crippen LogP contribution in [0.1, 0.15) is 29.2 Å². The Hall–Kier alpha value is -2.24. The predicted molar refractivity (Wildman–Crippen MR) is 95.6 cm³/mol. The van der Waals surface area contributed by atoms with Crippen molar-refractivity contribution in [1.29, 1.82) is 0 Å². The van der Waals surface area contributed by atoms with Gasteiger partial charge >= 0.3 is 0 Å². The maximum absolute atomic E-state index is 12.3. The summed E-state index contributed by atoms with van der Waals surface area (Å²) in [7, 11) is 0. The smallest absolute Gasteiger partial charge is 0.263 e. The Labute approximate surface area is 150 Å². The van der Waals surface area contributed by atoms with Crippen LogP contribution in [0.4, 0.5) is 0 Å². The zero-order chi connectivity index (χ0) is 17.2. The lowest BCUT2D eigenvalue weighted by atomic mass is 9.92. The fourth-order valence-corrected chi connectivity index (χ4v) is 3.49. The number of ketones is 1. The third-order valence-corrected chi connectivity index (χ3v) is 4.93. The van der Waals surface area contributed by atoms with Crippen LogP contribution in [0, 0.1) is 5.92 Å². The Bertz CT molecular complexity index is 887. The third kappa shape index (κ3) is 3.57. The van der Waals surface area contributed by atoms with Crippen molar-refractivity contribution in [3.05, 3.63) is 59.4 Å². The topological polar surface area (TPSA) is 59.2 Å². The van der Waals surface area contributed by atoms with Crippen LogP contribution >= 0.6 is 11.6 Å². The van der Waals surface area contributed by atoms with Crippen molar-refractivity contribution >= 4 is 28.3 Å². The molecule has 5 nitrogen and oxygen atoms in total. The molecule has 0 atom stereocenters. The number of hydrogen-bond donors (Lipinski definition) is 0. The van der Waals surface area contributed by atoms with Crippen molar-refractivity contribution in [2.75, 3.05) is 13.1 Å². The van der Waals surface area contributed by atoms with Crippen LogP contribution in [0.5, 0.6) is 0 Å². The molecule has 1 aromatic carbocycles. The average molecular weight is 356 g/mol. The minimum Gasteiger partial charge on any atom is -0.442 e. The highest BCUT2D eigenvalue weighted by atomic mass is 35.5. The number of halogens is 1. The molecule has 0 spiro atoms. The Morgan fingerprint density at radius 2 is 2.04 bits per heavy atom. The van der Waals surface area contributed by atoms with Crippen LogP contribution in [-0.4, -0.2) is 33.7 Å². The molecule has 6 heteroatoms. The van der Waals surface area contributed by atoms with E-state index in [2.05, 4.69) is 22.0 Å². The lowest BCUT2D eigenvalue weighted by molar-refractivity contribution is 0.0798. The van der Waals surface area contributed by atoms with Gasteiger partial charge in [0.2, 0.25) is 5.78 Å². The second kappa shape index (κ2) is 6.94. The SMILES string of the molecule is O=C(c1ncco1)C1CCN(Cc2ccc3ccc(Cl)cc3n2)CC1. The summed E-state index contributed by atoms with van der Waals surface area (Å²) in [6.07, 6.45) is 4.60. The molecule has 2 aromatic heterocycles. The van der Waals surface area contributed by atoms with Gasteiger partial charge in [0.25, 0.3) is 5.89 Å². The first-order chi connectivity index (χ1) is 12.2. The van der Waals surface area contributed by atoms with Gasteiger partial charge in [0.15, 0.2) is 0 Å². The minimum atomic E-state index is -0.00160. The number of benzene rings is 1. The van der Waals surface area contributed by atoms with Crippen molar-refractivity contribution in [3.63, 3.8) is 0 Å². The van der Waals surface area contributed by atoms with E-state index in [0.29, 0.717) is 5.02 Å². The molecule has 0 unspecified atom stereocenters. The Morgan fingerprint density at radius 1 is 1.24 bits per heavy atom. The highest BCUT2D eigenvalue weighted by Crippen LogP contribution is 2.23. The van der Waals surface area contributed by atoms with Crippen LogP contribution < -0.4 is 0 Å². The lowest BCUT2D eigenvalue weighted by Gasteiger charge is -2.30. The second-order valence-electron chi connectivity index (χ2n) is 6.39. The molecule has 1 saturated heterocycles. The molecule has 0 N–H and O–H groups in total. The minimum absolute atomic E-state index is 0.00160. The van der Waals surface area contributed by atoms with Crippen LogP contribution in [0.25, 0.3) is 10.9 Å². The van der Waals surface area contributed by atoms with E-state index in [0.717, 1.165) is 49.1 Å². The summed E-state index contributed by atoms with van der Waals surface area (Å²) in [6.45, 7) is 2.52. The molecular formula is C19H18ClN3O2. The monoisotopic (exact) mass is 355 g/mol. The molecular weight excluding hydrogens is 338 g/mol. The van der Waals surface area contributed by atoms with Gasteiger partial charge in [-0.2, -0.15) is 0 Å². The number of likely N-dealkylation sites (tertiary alicyclic amines) is 1. The van der Waals surface area contributed by atoms with Gasteiger partial charge in [-0.25, -0.2) is 4.98 Å². The van der Waals surface area contributed by atoms with E-state index in [-0.39, 0.29) is 17.6 Å². The number of fused-ring (bicyclic) bond motifs is 1. The normalized spacial score (nSPS) is 16.4. The van der Waals surface area contributed by atoms with Gasteiger partial charge in [0.05, 0.1) is 17.4 Å². The maximum Gasteiger partial charge on any atom is 0.263 e. The lowest BCUT2D eigenvalue weighted by Crippen LogP contribution is -2.36. The van der Waals surface area contributed by atoms with Crippen LogP contribution in [0.3, 0.4) is 0 Å². The van der Waals surface area contributed by atoms with Crippen LogP contribution in [0.2, 0.25) is 5.02 Å². The van der Waals surface area contributed by atoms with E-state index in [9.17, 15) is 4.79 Å². The number of piperidine rings is 1.